The zero-order valence-corrected chi connectivity index (χ0v) is 12.6. The molecule has 1 aliphatic heterocycles. The molecular formula is C14H19ClN2O3. The molecule has 0 fully saturated rings. The van der Waals surface area contributed by atoms with E-state index in [1.54, 1.807) is 19.2 Å². The quantitative estimate of drug-likeness (QED) is 0.877. The van der Waals surface area contributed by atoms with Crippen LogP contribution in [0, 0.1) is 0 Å². The molecule has 0 spiro atoms. The van der Waals surface area contributed by atoms with E-state index in [0.29, 0.717) is 16.5 Å². The lowest BCUT2D eigenvalue weighted by atomic mass is 10.1. The van der Waals surface area contributed by atoms with Crippen molar-refractivity contribution in [2.75, 3.05) is 30.9 Å². The Balaban J connectivity index is 2.04. The maximum atomic E-state index is 11.2. The largest absolute Gasteiger partial charge is 0.482 e. The van der Waals surface area contributed by atoms with Crippen LogP contribution in [-0.2, 0) is 9.53 Å². The highest BCUT2D eigenvalue weighted by molar-refractivity contribution is 6.33. The fourth-order valence-electron chi connectivity index (χ4n) is 1.84. The zero-order chi connectivity index (χ0) is 14.8. The minimum atomic E-state index is -0.182. The van der Waals surface area contributed by atoms with E-state index in [9.17, 15) is 4.79 Å². The molecule has 110 valence electrons. The van der Waals surface area contributed by atoms with Gasteiger partial charge in [0, 0.05) is 19.7 Å². The Morgan fingerprint density at radius 2 is 2.25 bits per heavy atom. The molecule has 0 aromatic heterocycles. The first-order valence-corrected chi connectivity index (χ1v) is 6.84. The number of benzene rings is 1. The van der Waals surface area contributed by atoms with Crippen molar-refractivity contribution in [3.05, 3.63) is 17.2 Å². The van der Waals surface area contributed by atoms with Crippen LogP contribution in [0.25, 0.3) is 0 Å². The summed E-state index contributed by atoms with van der Waals surface area (Å²) in [6.45, 7) is 4.82. The number of fused-ring (bicyclic) bond motifs is 1. The number of carbonyl (C=O) groups excluding carboxylic acids is 1. The van der Waals surface area contributed by atoms with Gasteiger partial charge in [-0.05, 0) is 26.3 Å². The summed E-state index contributed by atoms with van der Waals surface area (Å²) in [7, 11) is 1.70. The molecule has 6 heteroatoms. The number of hydrogen-bond acceptors (Lipinski definition) is 4. The summed E-state index contributed by atoms with van der Waals surface area (Å²) in [5.74, 6) is 0.457. The van der Waals surface area contributed by atoms with Gasteiger partial charge in [0.15, 0.2) is 6.61 Å². The highest BCUT2D eigenvalue weighted by atomic mass is 35.5. The summed E-state index contributed by atoms with van der Waals surface area (Å²) in [5.41, 5.74) is 1.21. The maximum Gasteiger partial charge on any atom is 0.262 e. The van der Waals surface area contributed by atoms with Gasteiger partial charge in [0.2, 0.25) is 0 Å². The van der Waals surface area contributed by atoms with Crippen LogP contribution in [0.2, 0.25) is 5.02 Å². The van der Waals surface area contributed by atoms with E-state index in [1.165, 1.54) is 0 Å². The monoisotopic (exact) mass is 298 g/mol. The minimum absolute atomic E-state index is 0.0325. The SMILES string of the molecule is COC(C)(C)CCNc1cc2c(cc1Cl)NC(=O)CO2. The Hall–Kier alpha value is -1.46. The van der Waals surface area contributed by atoms with Gasteiger partial charge in [0.1, 0.15) is 5.75 Å². The second-order valence-electron chi connectivity index (χ2n) is 5.31. The van der Waals surface area contributed by atoms with Crippen molar-refractivity contribution < 1.29 is 14.3 Å². The van der Waals surface area contributed by atoms with Crippen molar-refractivity contribution >= 4 is 28.9 Å². The number of amides is 1. The van der Waals surface area contributed by atoms with Crippen molar-refractivity contribution in [1.82, 2.24) is 0 Å². The topological polar surface area (TPSA) is 59.6 Å². The predicted octanol–water partition coefficient (Wildman–Crippen LogP) is 2.90. The molecule has 0 bridgehead atoms. The Labute approximate surface area is 123 Å². The van der Waals surface area contributed by atoms with Gasteiger partial charge in [0.05, 0.1) is 22.0 Å². The van der Waals surface area contributed by atoms with Gasteiger partial charge in [-0.1, -0.05) is 11.6 Å². The molecule has 1 aromatic rings. The molecule has 0 saturated carbocycles. The first kappa shape index (κ1) is 14.9. The molecule has 1 amide bonds. The molecule has 0 aliphatic carbocycles. The Morgan fingerprint density at radius 1 is 1.50 bits per heavy atom. The maximum absolute atomic E-state index is 11.2. The Kier molecular flexibility index (Phi) is 4.40. The fourth-order valence-corrected chi connectivity index (χ4v) is 2.07. The molecular weight excluding hydrogens is 280 g/mol. The van der Waals surface area contributed by atoms with Gasteiger partial charge in [0.25, 0.3) is 5.91 Å². The predicted molar refractivity (Wildman–Crippen MR) is 79.8 cm³/mol. The molecule has 1 heterocycles. The summed E-state index contributed by atoms with van der Waals surface area (Å²) in [6.07, 6.45) is 0.842. The molecule has 2 rings (SSSR count). The first-order valence-electron chi connectivity index (χ1n) is 6.46. The van der Waals surface area contributed by atoms with Crippen molar-refractivity contribution in [2.24, 2.45) is 0 Å². The van der Waals surface area contributed by atoms with E-state index in [4.69, 9.17) is 21.1 Å². The van der Waals surface area contributed by atoms with Crippen LogP contribution in [-0.4, -0.2) is 31.8 Å². The Morgan fingerprint density at radius 3 is 2.95 bits per heavy atom. The number of anilines is 2. The van der Waals surface area contributed by atoms with Gasteiger partial charge in [-0.15, -0.1) is 0 Å². The van der Waals surface area contributed by atoms with Crippen LogP contribution < -0.4 is 15.4 Å². The van der Waals surface area contributed by atoms with Crippen molar-refractivity contribution in [3.63, 3.8) is 0 Å². The smallest absolute Gasteiger partial charge is 0.262 e. The number of hydrogen-bond donors (Lipinski definition) is 2. The molecule has 2 N–H and O–H groups in total. The molecule has 0 unspecified atom stereocenters. The molecule has 0 radical (unpaired) electrons. The summed E-state index contributed by atoms with van der Waals surface area (Å²) in [4.78, 5) is 11.2. The third-order valence-electron chi connectivity index (χ3n) is 3.30. The lowest BCUT2D eigenvalue weighted by Crippen LogP contribution is -2.26. The molecule has 0 atom stereocenters. The zero-order valence-electron chi connectivity index (χ0n) is 11.9. The van der Waals surface area contributed by atoms with Crippen LogP contribution >= 0.6 is 11.6 Å². The molecule has 20 heavy (non-hydrogen) atoms. The summed E-state index contributed by atoms with van der Waals surface area (Å²) in [5, 5.41) is 6.53. The molecule has 0 saturated heterocycles. The highest BCUT2D eigenvalue weighted by Crippen LogP contribution is 2.36. The van der Waals surface area contributed by atoms with Crippen LogP contribution in [0.5, 0.6) is 5.75 Å². The van der Waals surface area contributed by atoms with Gasteiger partial charge in [-0.2, -0.15) is 0 Å². The second kappa shape index (κ2) is 5.89. The lowest BCUT2D eigenvalue weighted by molar-refractivity contribution is -0.118. The van der Waals surface area contributed by atoms with E-state index < -0.39 is 0 Å². The summed E-state index contributed by atoms with van der Waals surface area (Å²) < 4.78 is 10.7. The van der Waals surface area contributed by atoms with E-state index >= 15 is 0 Å². The van der Waals surface area contributed by atoms with Crippen molar-refractivity contribution in [2.45, 2.75) is 25.9 Å². The molecule has 1 aromatic carbocycles. The number of ether oxygens (including phenoxy) is 2. The van der Waals surface area contributed by atoms with Crippen molar-refractivity contribution in [1.29, 1.82) is 0 Å². The van der Waals surface area contributed by atoms with Crippen LogP contribution in [0.4, 0.5) is 11.4 Å². The normalized spacial score (nSPS) is 14.3. The van der Waals surface area contributed by atoms with E-state index in [0.717, 1.165) is 18.7 Å². The van der Waals surface area contributed by atoms with E-state index in [-0.39, 0.29) is 18.1 Å². The summed E-state index contributed by atoms with van der Waals surface area (Å²) in [6, 6.07) is 3.49. The average molecular weight is 299 g/mol. The third-order valence-corrected chi connectivity index (χ3v) is 3.61. The third kappa shape index (κ3) is 3.55. The minimum Gasteiger partial charge on any atom is -0.482 e. The van der Waals surface area contributed by atoms with Crippen LogP contribution in [0.1, 0.15) is 20.3 Å². The van der Waals surface area contributed by atoms with Gasteiger partial charge in [-0.3, -0.25) is 4.79 Å². The molecule has 1 aliphatic rings. The number of halogens is 1. The van der Waals surface area contributed by atoms with E-state index in [2.05, 4.69) is 10.6 Å². The van der Waals surface area contributed by atoms with E-state index in [1.807, 2.05) is 13.8 Å². The van der Waals surface area contributed by atoms with Crippen LogP contribution in [0.3, 0.4) is 0 Å². The average Bonchev–Trinajstić information content (AvgIpc) is 2.39. The van der Waals surface area contributed by atoms with Gasteiger partial charge >= 0.3 is 0 Å². The standard InChI is InChI=1S/C14H19ClN2O3/c1-14(2,19-3)4-5-16-10-7-12-11(6-9(10)15)17-13(18)8-20-12/h6-7,16H,4-5,8H2,1-3H3,(H,17,18). The summed E-state index contributed by atoms with van der Waals surface area (Å²) >= 11 is 6.19. The van der Waals surface area contributed by atoms with Crippen LogP contribution in [0.15, 0.2) is 12.1 Å². The second-order valence-corrected chi connectivity index (χ2v) is 5.71. The number of methoxy groups -OCH3 is 1. The highest BCUT2D eigenvalue weighted by Gasteiger charge is 2.19. The van der Waals surface area contributed by atoms with Gasteiger partial charge < -0.3 is 20.1 Å². The number of nitrogens with one attached hydrogen (secondary N) is 2. The Bertz CT molecular complexity index is 517. The number of rotatable bonds is 5. The molecule has 5 nitrogen and oxygen atoms in total. The number of carbonyl (C=O) groups is 1. The lowest BCUT2D eigenvalue weighted by Gasteiger charge is -2.24. The fraction of sp³-hybridized carbons (Fsp3) is 0.500. The van der Waals surface area contributed by atoms with Crippen molar-refractivity contribution in [3.8, 4) is 5.75 Å². The van der Waals surface area contributed by atoms with Gasteiger partial charge in [-0.25, -0.2) is 0 Å². The first-order chi connectivity index (χ1) is 9.41.